The fraction of sp³-hybridized carbons (Fsp3) is 0. The molecule has 0 atom stereocenters. The quantitative estimate of drug-likeness (QED) is 0.370. The van der Waals surface area contributed by atoms with E-state index in [1.54, 1.807) is 0 Å². The lowest BCUT2D eigenvalue weighted by Gasteiger charge is -2.03. The van der Waals surface area contributed by atoms with Crippen LogP contribution in [0.2, 0.25) is 10.0 Å². The highest BCUT2D eigenvalue weighted by atomic mass is 35.5. The maximum absolute atomic E-state index is 11.0. The molecule has 82 valence electrons. The van der Waals surface area contributed by atoms with Crippen molar-refractivity contribution in [3.63, 3.8) is 0 Å². The molecule has 0 aliphatic rings. The molecule has 0 aliphatic heterocycles. The summed E-state index contributed by atoms with van der Waals surface area (Å²) < 4.78 is 0. The molecular formula is C10H6Cl2N2O2. The monoisotopic (exact) mass is 256 g/mol. The number of nitrogens with one attached hydrogen (secondary N) is 1. The van der Waals surface area contributed by atoms with Crippen LogP contribution in [-0.2, 0) is 4.79 Å². The number of hydrogen-bond donors (Lipinski definition) is 2. The Labute approximate surface area is 102 Å². The van der Waals surface area contributed by atoms with Gasteiger partial charge in [0.05, 0.1) is 5.02 Å². The van der Waals surface area contributed by atoms with Gasteiger partial charge in [-0.3, -0.25) is 10.1 Å². The number of rotatable bonds is 2. The normalized spacial score (nSPS) is 10.7. The summed E-state index contributed by atoms with van der Waals surface area (Å²) in [6.07, 6.45) is 2.30. The number of aliphatic hydroxyl groups excluding tert-OH is 1. The van der Waals surface area contributed by atoms with Crippen LogP contribution in [0.1, 0.15) is 5.56 Å². The predicted octanol–water partition coefficient (Wildman–Crippen LogP) is 2.49. The minimum atomic E-state index is -0.731. The fourth-order valence-corrected chi connectivity index (χ4v) is 1.50. The van der Waals surface area contributed by atoms with Crippen molar-refractivity contribution in [2.24, 2.45) is 0 Å². The highest BCUT2D eigenvalue weighted by molar-refractivity contribution is 6.35. The summed E-state index contributed by atoms with van der Waals surface area (Å²) in [7, 11) is 0. The standard InChI is InChI=1S/C10H6Cl2N2O2/c11-6-1-2-7(8(12)3-6)9(15)4-10(16)14-5-13/h1-4,15H,(H,14,16). The molecule has 0 spiro atoms. The molecule has 1 aromatic rings. The first-order valence-electron chi connectivity index (χ1n) is 4.09. The number of halogens is 2. The second-order valence-electron chi connectivity index (χ2n) is 2.75. The van der Waals surface area contributed by atoms with Crippen molar-refractivity contribution in [2.75, 3.05) is 0 Å². The van der Waals surface area contributed by atoms with Gasteiger partial charge in [-0.25, -0.2) is 0 Å². The average molecular weight is 257 g/mol. The van der Waals surface area contributed by atoms with Crippen molar-refractivity contribution in [3.05, 3.63) is 39.9 Å². The number of aliphatic hydroxyl groups is 1. The van der Waals surface area contributed by atoms with Gasteiger partial charge in [0.2, 0.25) is 0 Å². The molecule has 4 nitrogen and oxygen atoms in total. The van der Waals surface area contributed by atoms with Crippen LogP contribution in [-0.4, -0.2) is 11.0 Å². The summed E-state index contributed by atoms with van der Waals surface area (Å²) in [5.41, 5.74) is 0.263. The Morgan fingerprint density at radius 3 is 2.75 bits per heavy atom. The molecule has 0 saturated heterocycles. The minimum Gasteiger partial charge on any atom is -0.507 e. The second-order valence-corrected chi connectivity index (χ2v) is 3.60. The van der Waals surface area contributed by atoms with Crippen LogP contribution in [0.3, 0.4) is 0 Å². The molecule has 0 saturated carbocycles. The molecule has 2 N–H and O–H groups in total. The Bertz CT molecular complexity index is 492. The second kappa shape index (κ2) is 5.40. The topological polar surface area (TPSA) is 73.1 Å². The maximum Gasteiger partial charge on any atom is 0.260 e. The van der Waals surface area contributed by atoms with Crippen molar-refractivity contribution in [1.82, 2.24) is 5.32 Å². The van der Waals surface area contributed by atoms with Crippen LogP contribution in [0.15, 0.2) is 24.3 Å². The molecule has 0 radical (unpaired) electrons. The Morgan fingerprint density at radius 1 is 1.50 bits per heavy atom. The third-order valence-electron chi connectivity index (χ3n) is 1.65. The molecule has 16 heavy (non-hydrogen) atoms. The third-order valence-corrected chi connectivity index (χ3v) is 2.20. The van der Waals surface area contributed by atoms with Crippen LogP contribution in [0, 0.1) is 11.5 Å². The number of nitriles is 1. The predicted molar refractivity (Wildman–Crippen MR) is 60.8 cm³/mol. The summed E-state index contributed by atoms with van der Waals surface area (Å²) in [4.78, 5) is 11.0. The van der Waals surface area contributed by atoms with E-state index in [0.29, 0.717) is 5.02 Å². The highest BCUT2D eigenvalue weighted by Crippen LogP contribution is 2.25. The number of benzene rings is 1. The first-order valence-corrected chi connectivity index (χ1v) is 4.85. The van der Waals surface area contributed by atoms with E-state index < -0.39 is 5.91 Å². The molecule has 0 aliphatic carbocycles. The van der Waals surface area contributed by atoms with Crippen molar-refractivity contribution in [2.45, 2.75) is 0 Å². The summed E-state index contributed by atoms with van der Waals surface area (Å²) in [5, 5.41) is 20.2. The van der Waals surface area contributed by atoms with Crippen LogP contribution >= 0.6 is 23.2 Å². The van der Waals surface area contributed by atoms with Gasteiger partial charge in [-0.15, -0.1) is 0 Å². The zero-order valence-electron chi connectivity index (χ0n) is 7.87. The summed E-state index contributed by atoms with van der Waals surface area (Å²) in [6.45, 7) is 0. The number of nitrogens with zero attached hydrogens (tertiary/aromatic N) is 1. The van der Waals surface area contributed by atoms with Gasteiger partial charge in [0.1, 0.15) is 5.76 Å². The number of amides is 1. The lowest BCUT2D eigenvalue weighted by Crippen LogP contribution is -2.14. The smallest absolute Gasteiger partial charge is 0.260 e. The summed E-state index contributed by atoms with van der Waals surface area (Å²) in [6, 6.07) is 4.43. The number of carbonyl (C=O) groups is 1. The fourth-order valence-electron chi connectivity index (χ4n) is 0.990. The number of carbonyl (C=O) groups excluding carboxylic acids is 1. The SMILES string of the molecule is N#CNC(=O)C=C(O)c1ccc(Cl)cc1Cl. The molecule has 0 unspecified atom stereocenters. The van der Waals surface area contributed by atoms with E-state index in [1.165, 1.54) is 24.4 Å². The molecule has 0 aromatic heterocycles. The van der Waals surface area contributed by atoms with Crippen LogP contribution in [0.25, 0.3) is 5.76 Å². The van der Waals surface area contributed by atoms with Crippen LogP contribution in [0.5, 0.6) is 0 Å². The van der Waals surface area contributed by atoms with E-state index >= 15 is 0 Å². The Kier molecular flexibility index (Phi) is 4.18. The third kappa shape index (κ3) is 3.16. The minimum absolute atomic E-state index is 0.214. The van der Waals surface area contributed by atoms with Crippen molar-refractivity contribution in [3.8, 4) is 6.19 Å². The molecule has 1 amide bonds. The number of hydrogen-bond acceptors (Lipinski definition) is 3. The van der Waals surface area contributed by atoms with E-state index in [4.69, 9.17) is 28.5 Å². The molecule has 0 bridgehead atoms. The van der Waals surface area contributed by atoms with Crippen LogP contribution < -0.4 is 5.32 Å². The Balaban J connectivity index is 3.01. The molecule has 0 fully saturated rings. The van der Waals surface area contributed by atoms with Gasteiger partial charge < -0.3 is 5.11 Å². The summed E-state index contributed by atoms with van der Waals surface area (Å²) >= 11 is 11.5. The lowest BCUT2D eigenvalue weighted by atomic mass is 10.2. The molecule has 1 rings (SSSR count). The van der Waals surface area contributed by atoms with E-state index in [-0.39, 0.29) is 16.3 Å². The average Bonchev–Trinajstić information content (AvgIpc) is 2.17. The first kappa shape index (κ1) is 12.4. The van der Waals surface area contributed by atoms with Gasteiger partial charge in [-0.05, 0) is 18.2 Å². The van der Waals surface area contributed by atoms with Gasteiger partial charge in [0.25, 0.3) is 5.91 Å². The maximum atomic E-state index is 11.0. The summed E-state index contributed by atoms with van der Waals surface area (Å²) in [5.74, 6) is -1.07. The van der Waals surface area contributed by atoms with Gasteiger partial charge in [-0.2, -0.15) is 5.26 Å². The molecule has 0 heterocycles. The van der Waals surface area contributed by atoms with Crippen LogP contribution in [0.4, 0.5) is 0 Å². The largest absolute Gasteiger partial charge is 0.507 e. The first-order chi connectivity index (χ1) is 7.54. The van der Waals surface area contributed by atoms with E-state index in [9.17, 15) is 9.90 Å². The highest BCUT2D eigenvalue weighted by Gasteiger charge is 2.07. The zero-order valence-corrected chi connectivity index (χ0v) is 9.38. The molecular weight excluding hydrogens is 251 g/mol. The zero-order chi connectivity index (χ0) is 12.1. The van der Waals surface area contributed by atoms with Crippen molar-refractivity contribution < 1.29 is 9.90 Å². The lowest BCUT2D eigenvalue weighted by molar-refractivity contribution is -0.115. The van der Waals surface area contributed by atoms with Crippen molar-refractivity contribution in [1.29, 1.82) is 5.26 Å². The van der Waals surface area contributed by atoms with Gasteiger partial charge in [0.15, 0.2) is 6.19 Å². The molecule has 6 heteroatoms. The van der Waals surface area contributed by atoms with Crippen molar-refractivity contribution >= 4 is 34.9 Å². The Hall–Kier alpha value is -1.70. The van der Waals surface area contributed by atoms with E-state index in [0.717, 1.165) is 6.08 Å². The van der Waals surface area contributed by atoms with E-state index in [2.05, 4.69) is 0 Å². The van der Waals surface area contributed by atoms with Gasteiger partial charge in [-0.1, -0.05) is 23.2 Å². The van der Waals surface area contributed by atoms with E-state index in [1.807, 2.05) is 5.32 Å². The Morgan fingerprint density at radius 2 is 2.19 bits per heavy atom. The van der Waals surface area contributed by atoms with Gasteiger partial charge in [0, 0.05) is 16.7 Å². The molecule has 1 aromatic carbocycles. The van der Waals surface area contributed by atoms with Gasteiger partial charge >= 0.3 is 0 Å².